The minimum atomic E-state index is -4.01. The summed E-state index contributed by atoms with van der Waals surface area (Å²) in [7, 11) is -2.58. The number of sulfonamides is 1. The van der Waals surface area contributed by atoms with E-state index < -0.39 is 33.9 Å². The van der Waals surface area contributed by atoms with Crippen molar-refractivity contribution in [1.82, 2.24) is 4.31 Å². The van der Waals surface area contributed by atoms with Gasteiger partial charge in [-0.2, -0.15) is 4.31 Å². The van der Waals surface area contributed by atoms with Crippen molar-refractivity contribution < 1.29 is 27.1 Å². The molecular weight excluding hydrogens is 375 g/mol. The summed E-state index contributed by atoms with van der Waals surface area (Å²) in [5.74, 6) is -1.35. The predicted octanol–water partition coefficient (Wildman–Crippen LogP) is 1.76. The number of ether oxygens (including phenoxy) is 1. The number of carbonyl (C=O) groups is 2. The van der Waals surface area contributed by atoms with Crippen molar-refractivity contribution in [3.63, 3.8) is 0 Å². The largest absolute Gasteiger partial charge is 0.383 e. The quantitative estimate of drug-likeness (QED) is 0.654. The monoisotopic (exact) mass is 398 g/mol. The van der Waals surface area contributed by atoms with Gasteiger partial charge in [-0.25, -0.2) is 12.8 Å². The number of fused-ring (bicyclic) bond motifs is 1. The molecule has 0 unspecified atom stereocenters. The molecule has 148 valence electrons. The average molecular weight is 398 g/mol. The molecule has 1 fully saturated rings. The van der Waals surface area contributed by atoms with E-state index in [1.807, 2.05) is 6.92 Å². The van der Waals surface area contributed by atoms with Gasteiger partial charge in [0.05, 0.1) is 28.8 Å². The van der Waals surface area contributed by atoms with Crippen molar-refractivity contribution in [1.29, 1.82) is 0 Å². The van der Waals surface area contributed by atoms with Crippen molar-refractivity contribution in [2.45, 2.75) is 43.3 Å². The topological polar surface area (TPSA) is 84.0 Å². The molecule has 2 aliphatic rings. The van der Waals surface area contributed by atoms with Crippen LogP contribution < -0.4 is 4.90 Å². The second-order valence-corrected chi connectivity index (χ2v) is 8.73. The summed E-state index contributed by atoms with van der Waals surface area (Å²) in [6.45, 7) is 2.23. The van der Waals surface area contributed by atoms with Gasteiger partial charge in [-0.1, -0.05) is 13.3 Å². The third kappa shape index (κ3) is 3.51. The number of benzene rings is 1. The average Bonchev–Trinajstić information content (AvgIpc) is 3.12. The number of methoxy groups -OCH3 is 1. The number of ketones is 1. The molecule has 0 aromatic heterocycles. The Hall–Kier alpha value is -1.84. The van der Waals surface area contributed by atoms with Crippen molar-refractivity contribution in [2.24, 2.45) is 0 Å². The van der Waals surface area contributed by atoms with E-state index in [1.54, 1.807) is 0 Å². The SMILES string of the molecule is CCCCN1C(=O)C(=O)c2cc(S(=O)(=O)N3C[C@@H](F)C[C@H]3COC)ccc21. The van der Waals surface area contributed by atoms with E-state index in [9.17, 15) is 22.4 Å². The lowest BCUT2D eigenvalue weighted by atomic mass is 10.1. The van der Waals surface area contributed by atoms with Gasteiger partial charge >= 0.3 is 0 Å². The molecule has 2 aliphatic heterocycles. The van der Waals surface area contributed by atoms with Crippen LogP contribution in [0.4, 0.5) is 10.1 Å². The third-order valence-corrected chi connectivity index (χ3v) is 6.87. The lowest BCUT2D eigenvalue weighted by Crippen LogP contribution is -2.38. The van der Waals surface area contributed by atoms with Crippen LogP contribution in [0, 0.1) is 0 Å². The number of hydrogen-bond acceptors (Lipinski definition) is 5. The Morgan fingerprint density at radius 1 is 1.30 bits per heavy atom. The fourth-order valence-electron chi connectivity index (χ4n) is 3.58. The molecule has 27 heavy (non-hydrogen) atoms. The number of anilines is 1. The molecule has 7 nitrogen and oxygen atoms in total. The Labute approximate surface area is 158 Å². The zero-order valence-corrected chi connectivity index (χ0v) is 16.2. The van der Waals surface area contributed by atoms with Gasteiger partial charge in [0.15, 0.2) is 0 Å². The van der Waals surface area contributed by atoms with Crippen molar-refractivity contribution >= 4 is 27.4 Å². The maximum atomic E-state index is 13.8. The fourth-order valence-corrected chi connectivity index (χ4v) is 5.26. The number of rotatable bonds is 7. The summed E-state index contributed by atoms with van der Waals surface area (Å²) in [6.07, 6.45) is 0.408. The predicted molar refractivity (Wildman–Crippen MR) is 97.1 cm³/mol. The highest BCUT2D eigenvalue weighted by atomic mass is 32.2. The second-order valence-electron chi connectivity index (χ2n) is 6.84. The molecule has 0 saturated carbocycles. The van der Waals surface area contributed by atoms with E-state index in [0.717, 1.165) is 17.1 Å². The molecule has 0 spiro atoms. The normalized spacial score (nSPS) is 23.3. The van der Waals surface area contributed by atoms with Gasteiger partial charge in [0.1, 0.15) is 6.17 Å². The first-order valence-electron chi connectivity index (χ1n) is 8.96. The van der Waals surface area contributed by atoms with Crippen LogP contribution in [-0.2, 0) is 19.6 Å². The molecule has 0 radical (unpaired) electrons. The van der Waals surface area contributed by atoms with Crippen LogP contribution in [0.1, 0.15) is 36.5 Å². The molecule has 2 atom stereocenters. The summed E-state index contributed by atoms with van der Waals surface area (Å²) in [5, 5.41) is 0. The third-order valence-electron chi connectivity index (χ3n) is 4.96. The highest BCUT2D eigenvalue weighted by molar-refractivity contribution is 7.89. The van der Waals surface area contributed by atoms with Crippen molar-refractivity contribution in [3.8, 4) is 0 Å². The van der Waals surface area contributed by atoms with Crippen molar-refractivity contribution in [2.75, 3.05) is 31.7 Å². The highest BCUT2D eigenvalue weighted by Crippen LogP contribution is 2.34. The van der Waals surface area contributed by atoms with Gasteiger partial charge in [-0.15, -0.1) is 0 Å². The van der Waals surface area contributed by atoms with Crippen LogP contribution in [0.5, 0.6) is 0 Å². The van der Waals surface area contributed by atoms with E-state index in [-0.39, 0.29) is 30.0 Å². The first kappa shape index (κ1) is 19.9. The van der Waals surface area contributed by atoms with Crippen LogP contribution in [0.3, 0.4) is 0 Å². The number of unbranched alkanes of at least 4 members (excludes halogenated alkanes) is 1. The number of alkyl halides is 1. The number of amides is 1. The van der Waals surface area contributed by atoms with E-state index in [1.165, 1.54) is 30.2 Å². The minimum absolute atomic E-state index is 0.0697. The van der Waals surface area contributed by atoms with Crippen LogP contribution >= 0.6 is 0 Å². The minimum Gasteiger partial charge on any atom is -0.383 e. The Morgan fingerprint density at radius 3 is 2.70 bits per heavy atom. The molecule has 9 heteroatoms. The lowest BCUT2D eigenvalue weighted by molar-refractivity contribution is -0.114. The van der Waals surface area contributed by atoms with E-state index in [0.29, 0.717) is 12.2 Å². The lowest BCUT2D eigenvalue weighted by Gasteiger charge is -2.23. The standard InChI is InChI=1S/C18H23FN2O5S/c1-3-4-7-20-16-6-5-14(9-15(16)17(22)18(20)23)27(24,25)21-10-12(19)8-13(21)11-26-2/h5-6,9,12-13H,3-4,7-8,10-11H2,1-2H3/t12-,13-/m0/s1. The Bertz CT molecular complexity index is 857. The Kier molecular flexibility index (Phi) is 5.64. The van der Waals surface area contributed by atoms with Gasteiger partial charge in [0.2, 0.25) is 10.0 Å². The number of carbonyl (C=O) groups excluding carboxylic acids is 2. The zero-order chi connectivity index (χ0) is 19.8. The highest BCUT2D eigenvalue weighted by Gasteiger charge is 2.42. The molecule has 1 aromatic carbocycles. The van der Waals surface area contributed by atoms with Gasteiger partial charge in [0, 0.05) is 20.2 Å². The summed E-state index contributed by atoms with van der Waals surface area (Å²) in [5.41, 5.74) is 0.507. The number of Topliss-reactive ketones (excluding diaryl/α,β-unsaturated/α-hetero) is 1. The smallest absolute Gasteiger partial charge is 0.299 e. The molecule has 3 rings (SSSR count). The summed E-state index contributed by atoms with van der Waals surface area (Å²) in [4.78, 5) is 25.8. The van der Waals surface area contributed by atoms with E-state index >= 15 is 0 Å². The maximum Gasteiger partial charge on any atom is 0.299 e. The van der Waals surface area contributed by atoms with Gasteiger partial charge in [0.25, 0.3) is 11.7 Å². The van der Waals surface area contributed by atoms with Gasteiger partial charge in [-0.3, -0.25) is 9.59 Å². The first-order valence-corrected chi connectivity index (χ1v) is 10.4. The summed E-state index contributed by atoms with van der Waals surface area (Å²) in [6, 6.07) is 3.48. The maximum absolute atomic E-state index is 13.8. The Morgan fingerprint density at radius 2 is 2.04 bits per heavy atom. The number of halogens is 1. The van der Waals surface area contributed by atoms with E-state index in [4.69, 9.17) is 4.74 Å². The van der Waals surface area contributed by atoms with Crippen LogP contribution in [-0.4, -0.2) is 63.4 Å². The van der Waals surface area contributed by atoms with Crippen LogP contribution in [0.15, 0.2) is 23.1 Å². The van der Waals surface area contributed by atoms with Crippen LogP contribution in [0.2, 0.25) is 0 Å². The fraction of sp³-hybridized carbons (Fsp3) is 0.556. The van der Waals surface area contributed by atoms with Crippen LogP contribution in [0.25, 0.3) is 0 Å². The molecule has 1 amide bonds. The molecule has 1 aromatic rings. The van der Waals surface area contributed by atoms with Gasteiger partial charge in [-0.05, 0) is 31.0 Å². The zero-order valence-electron chi connectivity index (χ0n) is 15.4. The summed E-state index contributed by atoms with van der Waals surface area (Å²) < 4.78 is 45.9. The number of nitrogens with zero attached hydrogens (tertiary/aromatic N) is 2. The molecule has 0 aliphatic carbocycles. The molecular formula is C18H23FN2O5S. The van der Waals surface area contributed by atoms with Crippen molar-refractivity contribution in [3.05, 3.63) is 23.8 Å². The summed E-state index contributed by atoms with van der Waals surface area (Å²) >= 11 is 0. The molecule has 0 bridgehead atoms. The van der Waals surface area contributed by atoms with E-state index in [2.05, 4.69) is 0 Å². The first-order chi connectivity index (χ1) is 12.8. The molecule has 2 heterocycles. The Balaban J connectivity index is 1.95. The van der Waals surface area contributed by atoms with Gasteiger partial charge < -0.3 is 9.64 Å². The molecule has 1 saturated heterocycles. The molecule has 0 N–H and O–H groups in total. The number of hydrogen-bond donors (Lipinski definition) is 0. The second kappa shape index (κ2) is 7.65.